The summed E-state index contributed by atoms with van der Waals surface area (Å²) in [5, 5.41) is 23.4. The maximum atomic E-state index is 13.3. The highest BCUT2D eigenvalue weighted by molar-refractivity contribution is 5.61. The van der Waals surface area contributed by atoms with Crippen LogP contribution >= 0.6 is 0 Å². The molecule has 0 saturated carbocycles. The molecule has 0 bridgehead atoms. The van der Waals surface area contributed by atoms with E-state index in [9.17, 15) is 19.8 Å². The van der Waals surface area contributed by atoms with Crippen molar-refractivity contribution < 1.29 is 14.1 Å². The molecule has 1 heterocycles. The third-order valence-electron chi connectivity index (χ3n) is 4.56. The lowest BCUT2D eigenvalue weighted by Gasteiger charge is -2.35. The normalized spacial score (nSPS) is 15.7. The summed E-state index contributed by atoms with van der Waals surface area (Å²) in [5.74, 6) is -0.297. The molecule has 0 unspecified atom stereocenters. The van der Waals surface area contributed by atoms with E-state index < -0.39 is 4.92 Å². The summed E-state index contributed by atoms with van der Waals surface area (Å²) in [7, 11) is 0. The van der Waals surface area contributed by atoms with E-state index in [1.54, 1.807) is 12.1 Å². The first kappa shape index (κ1) is 18.8. The molecule has 1 aliphatic rings. The fourth-order valence-electron chi connectivity index (χ4n) is 3.13. The van der Waals surface area contributed by atoms with E-state index in [-0.39, 0.29) is 23.1 Å². The average molecular weight is 370 g/mol. The van der Waals surface area contributed by atoms with E-state index in [2.05, 4.69) is 10.2 Å². The molecule has 7 nitrogen and oxygen atoms in total. The fourth-order valence-corrected chi connectivity index (χ4v) is 3.13. The van der Waals surface area contributed by atoms with Crippen molar-refractivity contribution in [2.45, 2.75) is 6.04 Å². The van der Waals surface area contributed by atoms with Gasteiger partial charge in [-0.05, 0) is 23.8 Å². The second kappa shape index (κ2) is 8.58. The smallest absolute Gasteiger partial charge is 0.270 e. The van der Waals surface area contributed by atoms with Gasteiger partial charge in [0.1, 0.15) is 11.9 Å². The quantitative estimate of drug-likeness (QED) is 0.621. The molecule has 1 fully saturated rings. The molecular formula is C19H19FN4O3. The fraction of sp³-hybridized carbons (Fsp3) is 0.316. The van der Waals surface area contributed by atoms with Gasteiger partial charge in [0.05, 0.1) is 35.4 Å². The maximum Gasteiger partial charge on any atom is 0.270 e. The van der Waals surface area contributed by atoms with Crippen LogP contribution in [0.2, 0.25) is 0 Å². The Balaban J connectivity index is 1.81. The Bertz CT molecular complexity index is 845. The standard InChI is InChI=1S/C19H19FN4O3/c20-16-3-1-14(2-4-16)19(23-7-9-27-10-8-23)13-22-18-6-5-17(24(25)26)11-15(18)12-21/h1-6,11,19,22H,7-10,13H2/t19-/m1/s1. The Morgan fingerprint density at radius 2 is 1.96 bits per heavy atom. The van der Waals surface area contributed by atoms with E-state index in [4.69, 9.17) is 4.74 Å². The largest absolute Gasteiger partial charge is 0.382 e. The molecule has 1 aliphatic heterocycles. The van der Waals surface area contributed by atoms with Crippen LogP contribution in [-0.2, 0) is 4.74 Å². The molecule has 27 heavy (non-hydrogen) atoms. The highest BCUT2D eigenvalue weighted by atomic mass is 19.1. The Kier molecular flexibility index (Phi) is 5.96. The first-order valence-corrected chi connectivity index (χ1v) is 8.58. The van der Waals surface area contributed by atoms with Crippen LogP contribution in [0.25, 0.3) is 0 Å². The van der Waals surface area contributed by atoms with Crippen molar-refractivity contribution in [2.75, 3.05) is 38.2 Å². The molecule has 1 atom stereocenters. The minimum Gasteiger partial charge on any atom is -0.382 e. The van der Waals surface area contributed by atoms with Crippen molar-refractivity contribution in [1.82, 2.24) is 4.90 Å². The number of hydrogen-bond acceptors (Lipinski definition) is 6. The van der Waals surface area contributed by atoms with Gasteiger partial charge in [0, 0.05) is 31.8 Å². The SMILES string of the molecule is N#Cc1cc([N+](=O)[O-])ccc1NC[C@H](c1ccc(F)cc1)N1CCOCC1. The maximum absolute atomic E-state index is 13.3. The van der Waals surface area contributed by atoms with Crippen LogP contribution in [-0.4, -0.2) is 42.7 Å². The number of nitrogens with one attached hydrogen (secondary N) is 1. The lowest BCUT2D eigenvalue weighted by atomic mass is 10.0. The molecule has 0 radical (unpaired) electrons. The molecule has 0 amide bonds. The first-order valence-electron chi connectivity index (χ1n) is 8.58. The van der Waals surface area contributed by atoms with Crippen LogP contribution in [0, 0.1) is 27.3 Å². The van der Waals surface area contributed by atoms with Gasteiger partial charge in [0.2, 0.25) is 0 Å². The van der Waals surface area contributed by atoms with Crippen molar-refractivity contribution in [2.24, 2.45) is 0 Å². The third-order valence-corrected chi connectivity index (χ3v) is 4.56. The lowest BCUT2D eigenvalue weighted by Crippen LogP contribution is -2.41. The molecule has 0 aromatic heterocycles. The topological polar surface area (TPSA) is 91.4 Å². The van der Waals surface area contributed by atoms with Crippen molar-refractivity contribution >= 4 is 11.4 Å². The number of benzene rings is 2. The van der Waals surface area contributed by atoms with Gasteiger partial charge in [-0.3, -0.25) is 15.0 Å². The second-order valence-electron chi connectivity index (χ2n) is 6.20. The number of ether oxygens (including phenoxy) is 1. The lowest BCUT2D eigenvalue weighted by molar-refractivity contribution is -0.384. The summed E-state index contributed by atoms with van der Waals surface area (Å²) in [6, 6.07) is 12.5. The van der Waals surface area contributed by atoms with E-state index in [0.717, 1.165) is 18.7 Å². The number of morpholine rings is 1. The summed E-state index contributed by atoms with van der Waals surface area (Å²) in [6.45, 7) is 3.21. The predicted molar refractivity (Wildman–Crippen MR) is 97.8 cm³/mol. The first-order chi connectivity index (χ1) is 13.1. The van der Waals surface area contributed by atoms with Crippen LogP contribution < -0.4 is 5.32 Å². The third kappa shape index (κ3) is 4.58. The summed E-state index contributed by atoms with van der Waals surface area (Å²) in [4.78, 5) is 12.6. The van der Waals surface area contributed by atoms with Crippen LogP contribution in [0.3, 0.4) is 0 Å². The van der Waals surface area contributed by atoms with Crippen molar-refractivity contribution in [3.63, 3.8) is 0 Å². The number of hydrogen-bond donors (Lipinski definition) is 1. The van der Waals surface area contributed by atoms with Crippen molar-refractivity contribution in [3.05, 3.63) is 69.5 Å². The number of nitro groups is 1. The number of halogens is 1. The molecule has 140 valence electrons. The number of nitrogens with zero attached hydrogens (tertiary/aromatic N) is 3. The highest BCUT2D eigenvalue weighted by Crippen LogP contribution is 2.26. The Morgan fingerprint density at radius 3 is 2.59 bits per heavy atom. The summed E-state index contributed by atoms with van der Waals surface area (Å²) in [6.07, 6.45) is 0. The van der Waals surface area contributed by atoms with Gasteiger partial charge in [-0.1, -0.05) is 12.1 Å². The average Bonchev–Trinajstić information content (AvgIpc) is 2.70. The van der Waals surface area contributed by atoms with Gasteiger partial charge in [0.25, 0.3) is 5.69 Å². The van der Waals surface area contributed by atoms with Gasteiger partial charge in [0.15, 0.2) is 0 Å². The number of anilines is 1. The molecule has 8 heteroatoms. The van der Waals surface area contributed by atoms with Crippen LogP contribution in [0.1, 0.15) is 17.2 Å². The Labute approximate surface area is 156 Å². The molecular weight excluding hydrogens is 351 g/mol. The number of nitro benzene ring substituents is 1. The van der Waals surface area contributed by atoms with Crippen molar-refractivity contribution in [3.8, 4) is 6.07 Å². The summed E-state index contributed by atoms with van der Waals surface area (Å²) < 4.78 is 18.7. The van der Waals surface area contributed by atoms with Crippen LogP contribution in [0.4, 0.5) is 15.8 Å². The van der Waals surface area contributed by atoms with E-state index in [1.165, 1.54) is 30.3 Å². The molecule has 1 saturated heterocycles. The van der Waals surface area contributed by atoms with Gasteiger partial charge in [-0.15, -0.1) is 0 Å². The van der Waals surface area contributed by atoms with Crippen molar-refractivity contribution in [1.29, 1.82) is 5.26 Å². The van der Waals surface area contributed by atoms with Gasteiger partial charge in [-0.25, -0.2) is 4.39 Å². The van der Waals surface area contributed by atoms with E-state index in [1.807, 2.05) is 6.07 Å². The van der Waals surface area contributed by atoms with E-state index in [0.29, 0.717) is 25.4 Å². The molecule has 0 aliphatic carbocycles. The highest BCUT2D eigenvalue weighted by Gasteiger charge is 2.23. The Hall–Kier alpha value is -3.02. The van der Waals surface area contributed by atoms with E-state index >= 15 is 0 Å². The second-order valence-corrected chi connectivity index (χ2v) is 6.20. The molecule has 0 spiro atoms. The van der Waals surface area contributed by atoms with Gasteiger partial charge in [-0.2, -0.15) is 5.26 Å². The van der Waals surface area contributed by atoms with Gasteiger partial charge >= 0.3 is 0 Å². The zero-order valence-electron chi connectivity index (χ0n) is 14.6. The summed E-state index contributed by atoms with van der Waals surface area (Å²) in [5.41, 5.74) is 1.57. The molecule has 3 rings (SSSR count). The number of rotatable bonds is 6. The monoisotopic (exact) mass is 370 g/mol. The molecule has 2 aromatic carbocycles. The zero-order chi connectivity index (χ0) is 19.2. The van der Waals surface area contributed by atoms with Crippen LogP contribution in [0.5, 0.6) is 0 Å². The number of nitriles is 1. The zero-order valence-corrected chi connectivity index (χ0v) is 14.6. The minimum absolute atomic E-state index is 0.0452. The van der Waals surface area contributed by atoms with Crippen LogP contribution in [0.15, 0.2) is 42.5 Å². The predicted octanol–water partition coefficient (Wildman–Crippen LogP) is 3.09. The molecule has 2 aromatic rings. The Morgan fingerprint density at radius 1 is 1.26 bits per heavy atom. The van der Waals surface area contributed by atoms with Gasteiger partial charge < -0.3 is 10.1 Å². The minimum atomic E-state index is -0.528. The molecule has 1 N–H and O–H groups in total. The number of non-ortho nitro benzene ring substituents is 1. The summed E-state index contributed by atoms with van der Waals surface area (Å²) >= 11 is 0.